The standard InChI is InChI=1S/C19H19N5O3S3/c1-12-18(28-10-8-20)29-19(21-12)22-17(25)13-5-4-9-24(11-13)16-14-6-2-3-7-15(14)30(26,27)23-16/h2-3,6-7,13H,4-5,9-11H2,1H3,(H,21,22,25). The fourth-order valence-corrected chi connectivity index (χ4v) is 6.61. The molecule has 8 nitrogen and oxygen atoms in total. The number of likely N-dealkylation sites (tertiary alicyclic amines) is 1. The number of aryl methyl sites for hydroxylation is 1. The van der Waals surface area contributed by atoms with Gasteiger partial charge in [-0.15, -0.1) is 4.40 Å². The van der Waals surface area contributed by atoms with Crippen molar-refractivity contribution < 1.29 is 13.2 Å². The molecule has 156 valence electrons. The number of nitrogens with one attached hydrogen (secondary N) is 1. The minimum Gasteiger partial charge on any atom is -0.355 e. The lowest BCUT2D eigenvalue weighted by atomic mass is 9.96. The van der Waals surface area contributed by atoms with Gasteiger partial charge in [-0.25, -0.2) is 4.98 Å². The van der Waals surface area contributed by atoms with Gasteiger partial charge in [-0.1, -0.05) is 35.2 Å². The van der Waals surface area contributed by atoms with E-state index < -0.39 is 10.0 Å². The van der Waals surface area contributed by atoms with Gasteiger partial charge in [0.25, 0.3) is 10.0 Å². The number of fused-ring (bicyclic) bond motifs is 1. The van der Waals surface area contributed by atoms with Crippen molar-refractivity contribution in [3.63, 3.8) is 0 Å². The van der Waals surface area contributed by atoms with E-state index in [1.165, 1.54) is 23.1 Å². The summed E-state index contributed by atoms with van der Waals surface area (Å²) in [5.41, 5.74) is 1.39. The predicted molar refractivity (Wildman–Crippen MR) is 116 cm³/mol. The number of amidine groups is 1. The van der Waals surface area contributed by atoms with Gasteiger partial charge >= 0.3 is 0 Å². The highest BCUT2D eigenvalue weighted by Crippen LogP contribution is 2.33. The predicted octanol–water partition coefficient (Wildman–Crippen LogP) is 2.87. The number of hydrogen-bond acceptors (Lipinski definition) is 8. The van der Waals surface area contributed by atoms with Crippen molar-refractivity contribution in [2.45, 2.75) is 28.9 Å². The molecule has 0 bridgehead atoms. The molecule has 1 aromatic carbocycles. The van der Waals surface area contributed by atoms with Crippen LogP contribution in [0.2, 0.25) is 0 Å². The normalized spacial score (nSPS) is 19.7. The van der Waals surface area contributed by atoms with Crippen LogP contribution in [0.4, 0.5) is 5.13 Å². The first-order chi connectivity index (χ1) is 14.4. The molecule has 3 heterocycles. The molecule has 1 aromatic heterocycles. The Morgan fingerprint density at radius 3 is 3.03 bits per heavy atom. The van der Waals surface area contributed by atoms with Gasteiger partial charge in [-0.05, 0) is 31.9 Å². The highest BCUT2D eigenvalue weighted by atomic mass is 32.2. The van der Waals surface area contributed by atoms with Crippen molar-refractivity contribution in [1.29, 1.82) is 5.26 Å². The fourth-order valence-electron chi connectivity index (χ4n) is 3.58. The molecule has 1 amide bonds. The number of nitriles is 1. The van der Waals surface area contributed by atoms with E-state index in [4.69, 9.17) is 5.26 Å². The zero-order valence-electron chi connectivity index (χ0n) is 16.2. The molecule has 0 aliphatic carbocycles. The number of nitrogens with zero attached hydrogens (tertiary/aromatic N) is 4. The molecule has 2 aliphatic rings. The Labute approximate surface area is 183 Å². The van der Waals surface area contributed by atoms with Crippen molar-refractivity contribution in [3.05, 3.63) is 35.5 Å². The van der Waals surface area contributed by atoms with E-state index in [1.807, 2.05) is 11.8 Å². The van der Waals surface area contributed by atoms with Crippen LogP contribution < -0.4 is 5.32 Å². The maximum atomic E-state index is 12.8. The van der Waals surface area contributed by atoms with Gasteiger partial charge in [0.1, 0.15) is 4.90 Å². The van der Waals surface area contributed by atoms with Crippen LogP contribution in [0.1, 0.15) is 24.1 Å². The number of thiazole rings is 1. The smallest absolute Gasteiger partial charge is 0.285 e. The number of carbonyl (C=O) groups is 1. The number of anilines is 1. The van der Waals surface area contributed by atoms with Crippen LogP contribution in [0.15, 0.2) is 37.8 Å². The Morgan fingerprint density at radius 1 is 1.43 bits per heavy atom. The van der Waals surface area contributed by atoms with Gasteiger partial charge in [0.05, 0.1) is 27.6 Å². The largest absolute Gasteiger partial charge is 0.355 e. The molecule has 1 fully saturated rings. The Bertz CT molecular complexity index is 1170. The van der Waals surface area contributed by atoms with Crippen LogP contribution in [0, 0.1) is 24.2 Å². The first kappa shape index (κ1) is 20.8. The van der Waals surface area contributed by atoms with Gasteiger partial charge < -0.3 is 10.2 Å². The topological polar surface area (TPSA) is 116 Å². The zero-order chi connectivity index (χ0) is 21.3. The Kier molecular flexibility index (Phi) is 5.81. The van der Waals surface area contributed by atoms with E-state index in [1.54, 1.807) is 24.3 Å². The summed E-state index contributed by atoms with van der Waals surface area (Å²) in [5, 5.41) is 12.1. The lowest BCUT2D eigenvalue weighted by Crippen LogP contribution is -2.43. The van der Waals surface area contributed by atoms with Gasteiger partial charge in [-0.2, -0.15) is 13.7 Å². The van der Waals surface area contributed by atoms with Crippen LogP contribution >= 0.6 is 23.1 Å². The highest BCUT2D eigenvalue weighted by molar-refractivity contribution is 8.01. The van der Waals surface area contributed by atoms with E-state index in [0.29, 0.717) is 41.8 Å². The van der Waals surface area contributed by atoms with Crippen LogP contribution in [-0.2, 0) is 14.8 Å². The molecule has 30 heavy (non-hydrogen) atoms. The van der Waals surface area contributed by atoms with Crippen LogP contribution in [0.5, 0.6) is 0 Å². The highest BCUT2D eigenvalue weighted by Gasteiger charge is 2.35. The molecule has 11 heteroatoms. The van der Waals surface area contributed by atoms with E-state index >= 15 is 0 Å². The third-order valence-corrected chi connectivity index (χ3v) is 8.58. The summed E-state index contributed by atoms with van der Waals surface area (Å²) in [6.45, 7) is 2.90. The molecule has 1 atom stereocenters. The summed E-state index contributed by atoms with van der Waals surface area (Å²) < 4.78 is 29.6. The molecule has 2 aliphatic heterocycles. The van der Waals surface area contributed by atoms with Gasteiger partial charge in [-0.3, -0.25) is 4.79 Å². The van der Waals surface area contributed by atoms with Crippen LogP contribution in [0.25, 0.3) is 0 Å². The Morgan fingerprint density at radius 2 is 2.23 bits per heavy atom. The van der Waals surface area contributed by atoms with E-state index in [-0.39, 0.29) is 16.7 Å². The number of rotatable bonds is 4. The summed E-state index contributed by atoms with van der Waals surface area (Å²) in [6.07, 6.45) is 1.48. The third kappa shape index (κ3) is 4.08. The zero-order valence-corrected chi connectivity index (χ0v) is 18.6. The molecule has 0 radical (unpaired) electrons. The molecule has 2 aromatic rings. The summed E-state index contributed by atoms with van der Waals surface area (Å²) in [4.78, 5) is 19.3. The number of sulfonamides is 1. The van der Waals surface area contributed by atoms with Crippen molar-refractivity contribution >= 4 is 50.0 Å². The quantitative estimate of drug-likeness (QED) is 0.696. The van der Waals surface area contributed by atoms with Gasteiger partial charge in [0, 0.05) is 18.7 Å². The van der Waals surface area contributed by atoms with Crippen molar-refractivity contribution in [2.24, 2.45) is 10.3 Å². The maximum Gasteiger partial charge on any atom is 0.285 e. The second-order valence-corrected chi connectivity index (χ2v) is 10.8. The summed E-state index contributed by atoms with van der Waals surface area (Å²) >= 11 is 2.76. The molecular formula is C19H19N5O3S3. The number of piperidine rings is 1. The molecular weight excluding hydrogens is 442 g/mol. The number of amides is 1. The average molecular weight is 462 g/mol. The minimum atomic E-state index is -3.69. The fraction of sp³-hybridized carbons (Fsp3) is 0.368. The van der Waals surface area contributed by atoms with Gasteiger partial charge in [0.15, 0.2) is 11.0 Å². The first-order valence-electron chi connectivity index (χ1n) is 9.36. The SMILES string of the molecule is Cc1nc(NC(=O)C2CCCN(C3=NS(=O)(=O)c4ccccc43)C2)sc1SCC#N. The van der Waals surface area contributed by atoms with Crippen molar-refractivity contribution in [2.75, 3.05) is 24.2 Å². The summed E-state index contributed by atoms with van der Waals surface area (Å²) in [7, 11) is -3.69. The molecule has 1 unspecified atom stereocenters. The van der Waals surface area contributed by atoms with Crippen molar-refractivity contribution in [1.82, 2.24) is 9.88 Å². The Hall–Kier alpha value is -2.42. The van der Waals surface area contributed by atoms with E-state index in [0.717, 1.165) is 16.3 Å². The summed E-state index contributed by atoms with van der Waals surface area (Å²) in [5.74, 6) is 0.320. The van der Waals surface area contributed by atoms with Crippen molar-refractivity contribution in [3.8, 4) is 6.07 Å². The van der Waals surface area contributed by atoms with Crippen LogP contribution in [0.3, 0.4) is 0 Å². The monoisotopic (exact) mass is 461 g/mol. The summed E-state index contributed by atoms with van der Waals surface area (Å²) in [6, 6.07) is 8.86. The van der Waals surface area contributed by atoms with Crippen LogP contribution in [-0.4, -0.2) is 48.9 Å². The number of thioether (sulfide) groups is 1. The molecule has 4 rings (SSSR count). The lowest BCUT2D eigenvalue weighted by Gasteiger charge is -2.33. The molecule has 0 spiro atoms. The second-order valence-electron chi connectivity index (χ2n) is 7.00. The Balaban J connectivity index is 1.47. The second kappa shape index (κ2) is 8.37. The van der Waals surface area contributed by atoms with E-state index in [9.17, 15) is 13.2 Å². The molecule has 1 N–H and O–H groups in total. The maximum absolute atomic E-state index is 12.8. The van der Waals surface area contributed by atoms with Gasteiger partial charge in [0.2, 0.25) is 5.91 Å². The number of benzene rings is 1. The lowest BCUT2D eigenvalue weighted by molar-refractivity contribution is -0.121. The van der Waals surface area contributed by atoms with E-state index in [2.05, 4.69) is 20.8 Å². The number of aromatic nitrogens is 1. The molecule has 0 saturated carbocycles. The molecule has 1 saturated heterocycles. The average Bonchev–Trinajstić information content (AvgIpc) is 3.22. The number of carbonyl (C=O) groups excluding carboxylic acids is 1. The first-order valence-corrected chi connectivity index (χ1v) is 12.6. The number of hydrogen-bond donors (Lipinski definition) is 1. The minimum absolute atomic E-state index is 0.139. The third-order valence-electron chi connectivity index (χ3n) is 4.96.